The number of nitrogens with zero attached hydrogens (tertiary/aromatic N) is 6. The third-order valence-corrected chi connectivity index (χ3v) is 7.85. The first kappa shape index (κ1) is 27.2. The molecule has 214 valence electrons. The van der Waals surface area contributed by atoms with Crippen LogP contribution in [0.3, 0.4) is 0 Å². The van der Waals surface area contributed by atoms with Crippen LogP contribution in [0.25, 0.3) is 22.3 Å². The number of hydrogen-bond donors (Lipinski definition) is 2. The number of fused-ring (bicyclic) bond motifs is 1. The number of hydrogen-bond acceptors (Lipinski definition) is 7. The highest BCUT2D eigenvalue weighted by Gasteiger charge is 2.29. The summed E-state index contributed by atoms with van der Waals surface area (Å²) in [7, 11) is 0. The number of anilines is 2. The van der Waals surface area contributed by atoms with E-state index in [1.54, 1.807) is 25.1 Å². The van der Waals surface area contributed by atoms with E-state index in [9.17, 15) is 9.18 Å². The van der Waals surface area contributed by atoms with Gasteiger partial charge >= 0.3 is 0 Å². The highest BCUT2D eigenvalue weighted by molar-refractivity contribution is 5.95. The van der Waals surface area contributed by atoms with Crippen LogP contribution < -0.4 is 10.6 Å². The lowest BCUT2D eigenvalue weighted by Gasteiger charge is -2.32. The van der Waals surface area contributed by atoms with Crippen LogP contribution in [0, 0.1) is 25.5 Å². The smallest absolute Gasteiger partial charge is 0.255 e. The molecule has 4 aromatic rings. The number of imidazole rings is 1. The molecule has 1 aromatic carbocycles. The molecule has 1 saturated carbocycles. The second-order valence-electron chi connectivity index (χ2n) is 11.3. The molecule has 3 aromatic heterocycles. The number of rotatable bonds is 7. The number of aromatic nitrogens is 5. The molecule has 2 fully saturated rings. The number of benzene rings is 1. The molecule has 0 unspecified atom stereocenters. The van der Waals surface area contributed by atoms with Gasteiger partial charge in [0.25, 0.3) is 5.91 Å². The first-order valence-electron chi connectivity index (χ1n) is 14.2. The molecular weight excluding hydrogens is 526 g/mol. The van der Waals surface area contributed by atoms with Gasteiger partial charge in [-0.3, -0.25) is 4.79 Å². The van der Waals surface area contributed by atoms with Gasteiger partial charge in [-0.15, -0.1) is 0 Å². The lowest BCUT2D eigenvalue weighted by Crippen LogP contribution is -2.45. The summed E-state index contributed by atoms with van der Waals surface area (Å²) >= 11 is 0. The lowest BCUT2D eigenvalue weighted by atomic mass is 10.0. The number of piperidine rings is 1. The predicted octanol–water partition coefficient (Wildman–Crippen LogP) is 5.46. The van der Waals surface area contributed by atoms with E-state index in [4.69, 9.17) is 0 Å². The summed E-state index contributed by atoms with van der Waals surface area (Å²) in [6, 6.07) is 7.55. The minimum atomic E-state index is -0.678. The van der Waals surface area contributed by atoms with E-state index in [2.05, 4.69) is 30.6 Å². The Bertz CT molecular complexity index is 1620. The molecular formula is C30H34F2N8O. The van der Waals surface area contributed by atoms with Crippen LogP contribution in [-0.2, 0) is 0 Å². The van der Waals surface area contributed by atoms with Crippen LogP contribution in [0.5, 0.6) is 0 Å². The van der Waals surface area contributed by atoms with Crippen LogP contribution in [0.1, 0.15) is 67.4 Å². The molecule has 0 atom stereocenters. The summed E-state index contributed by atoms with van der Waals surface area (Å²) in [4.78, 5) is 32.4. The molecule has 2 aliphatic rings. The molecule has 0 bridgehead atoms. The van der Waals surface area contributed by atoms with Crippen molar-refractivity contribution < 1.29 is 13.6 Å². The Morgan fingerprint density at radius 3 is 2.39 bits per heavy atom. The van der Waals surface area contributed by atoms with Crippen molar-refractivity contribution in [2.24, 2.45) is 0 Å². The molecule has 11 heteroatoms. The van der Waals surface area contributed by atoms with E-state index >= 15 is 4.39 Å². The number of aryl methyl sites for hydroxylation is 2. The minimum Gasteiger partial charge on any atom is -0.338 e. The first-order chi connectivity index (χ1) is 19.7. The van der Waals surface area contributed by atoms with Gasteiger partial charge in [0.1, 0.15) is 22.9 Å². The molecule has 41 heavy (non-hydrogen) atoms. The van der Waals surface area contributed by atoms with Gasteiger partial charge in [0.15, 0.2) is 11.6 Å². The average Bonchev–Trinajstić information content (AvgIpc) is 3.68. The molecule has 1 amide bonds. The monoisotopic (exact) mass is 560 g/mol. The predicted molar refractivity (Wildman–Crippen MR) is 153 cm³/mol. The Labute approximate surface area is 237 Å². The number of carbonyl (C=O) groups is 1. The summed E-state index contributed by atoms with van der Waals surface area (Å²) in [5.41, 5.74) is 2.17. The number of carbonyl (C=O) groups excluding carboxylic acids is 1. The molecule has 0 radical (unpaired) electrons. The maximum Gasteiger partial charge on any atom is 0.255 e. The normalized spacial score (nSPS) is 16.1. The fourth-order valence-corrected chi connectivity index (χ4v) is 5.66. The quantitative estimate of drug-likeness (QED) is 0.309. The second kappa shape index (κ2) is 10.8. The van der Waals surface area contributed by atoms with Crippen molar-refractivity contribution in [2.45, 2.75) is 71.5 Å². The Kier molecular flexibility index (Phi) is 7.14. The third-order valence-electron chi connectivity index (χ3n) is 7.85. The van der Waals surface area contributed by atoms with Gasteiger partial charge in [0.2, 0.25) is 5.95 Å². The van der Waals surface area contributed by atoms with Crippen molar-refractivity contribution in [1.82, 2.24) is 34.7 Å². The number of nitrogens with one attached hydrogen (secondary N) is 2. The third kappa shape index (κ3) is 5.50. The van der Waals surface area contributed by atoms with Gasteiger partial charge in [-0.2, -0.15) is 0 Å². The molecule has 9 nitrogen and oxygen atoms in total. The summed E-state index contributed by atoms with van der Waals surface area (Å²) in [5, 5.41) is 6.65. The average molecular weight is 561 g/mol. The Morgan fingerprint density at radius 2 is 1.71 bits per heavy atom. The molecule has 1 saturated heterocycles. The Morgan fingerprint density at radius 1 is 0.976 bits per heavy atom. The van der Waals surface area contributed by atoms with E-state index in [0.717, 1.165) is 32.1 Å². The zero-order chi connectivity index (χ0) is 28.8. The summed E-state index contributed by atoms with van der Waals surface area (Å²) < 4.78 is 31.8. The van der Waals surface area contributed by atoms with E-state index in [-0.39, 0.29) is 34.7 Å². The summed E-state index contributed by atoms with van der Waals surface area (Å²) in [6.45, 7) is 9.01. The first-order valence-corrected chi connectivity index (χ1v) is 14.2. The van der Waals surface area contributed by atoms with Crippen LogP contribution in [0.15, 0.2) is 30.5 Å². The molecule has 6 rings (SSSR count). The molecule has 4 heterocycles. The number of halogens is 2. The Hall–Kier alpha value is -3.99. The van der Waals surface area contributed by atoms with Crippen molar-refractivity contribution >= 4 is 28.7 Å². The van der Waals surface area contributed by atoms with E-state index in [1.165, 1.54) is 18.9 Å². The summed E-state index contributed by atoms with van der Waals surface area (Å²) in [6.07, 6.45) is 5.47. The largest absolute Gasteiger partial charge is 0.338 e. The fourth-order valence-electron chi connectivity index (χ4n) is 5.66. The highest BCUT2D eigenvalue weighted by atomic mass is 19.1. The van der Waals surface area contributed by atoms with Gasteiger partial charge in [-0.25, -0.2) is 28.7 Å². The fraction of sp³-hybridized carbons (Fsp3) is 0.433. The minimum absolute atomic E-state index is 0.0277. The zero-order valence-corrected chi connectivity index (χ0v) is 23.7. The maximum atomic E-state index is 15.0. The van der Waals surface area contributed by atoms with Crippen LogP contribution >= 0.6 is 0 Å². The van der Waals surface area contributed by atoms with E-state index < -0.39 is 11.6 Å². The van der Waals surface area contributed by atoms with E-state index in [1.807, 2.05) is 30.2 Å². The second-order valence-corrected chi connectivity index (χ2v) is 11.3. The van der Waals surface area contributed by atoms with Gasteiger partial charge < -0.3 is 20.1 Å². The van der Waals surface area contributed by atoms with Gasteiger partial charge in [0.05, 0.1) is 23.0 Å². The summed E-state index contributed by atoms with van der Waals surface area (Å²) in [5.74, 6) is -0.0583. The Balaban J connectivity index is 1.20. The standard InChI is InChI=1S/C30H34F2N8O/c1-16(2)40-18(4)35-28-23(31)13-19(14-25(28)40)27-24(32)15-33-30(38-27)37-26-8-7-22(17(3)34-26)29(41)39-11-9-21(10-12-39)36-20-5-6-20/h7-8,13-16,20-21,36H,5-6,9-12H2,1-4H3,(H,33,34,37,38). The molecule has 1 aliphatic heterocycles. The van der Waals surface area contributed by atoms with Crippen molar-refractivity contribution in [3.8, 4) is 11.3 Å². The highest BCUT2D eigenvalue weighted by Crippen LogP contribution is 2.30. The lowest BCUT2D eigenvalue weighted by molar-refractivity contribution is 0.0703. The molecule has 1 aliphatic carbocycles. The molecule has 0 spiro atoms. The topological polar surface area (TPSA) is 101 Å². The molecule has 2 N–H and O–H groups in total. The number of pyridine rings is 1. The van der Waals surface area contributed by atoms with E-state index in [0.29, 0.717) is 40.5 Å². The van der Waals surface area contributed by atoms with Crippen molar-refractivity contribution in [3.63, 3.8) is 0 Å². The van der Waals surface area contributed by atoms with Crippen molar-refractivity contribution in [3.05, 3.63) is 59.2 Å². The van der Waals surface area contributed by atoms with Crippen LogP contribution in [-0.4, -0.2) is 60.5 Å². The number of likely N-dealkylation sites (tertiary alicyclic amines) is 1. The van der Waals surface area contributed by atoms with Crippen molar-refractivity contribution in [1.29, 1.82) is 0 Å². The van der Waals surface area contributed by atoms with Crippen LogP contribution in [0.2, 0.25) is 0 Å². The maximum absolute atomic E-state index is 15.0. The van der Waals surface area contributed by atoms with Gasteiger partial charge in [0, 0.05) is 36.8 Å². The zero-order valence-electron chi connectivity index (χ0n) is 23.7. The van der Waals surface area contributed by atoms with Crippen LogP contribution in [0.4, 0.5) is 20.5 Å². The number of amides is 1. The SMILES string of the molecule is Cc1nc(Nc2ncc(F)c(-c3cc(F)c4nc(C)n(C(C)C)c4c3)n2)ccc1C(=O)N1CCC(NC2CC2)CC1. The van der Waals surface area contributed by atoms with Gasteiger partial charge in [-0.1, -0.05) is 0 Å². The van der Waals surface area contributed by atoms with Crippen molar-refractivity contribution in [2.75, 3.05) is 18.4 Å². The van der Waals surface area contributed by atoms with Gasteiger partial charge in [-0.05, 0) is 77.6 Å².